The minimum Gasteiger partial charge on any atom is -0.508 e. The number of hydrogen-bond acceptors (Lipinski definition) is 3. The molecule has 0 heterocycles. The number of rotatable bonds is 1. The number of aromatic hydroxyl groups is 1. The first-order valence-corrected chi connectivity index (χ1v) is 9.44. The average Bonchev–Trinajstić information content (AvgIpc) is 2.85. The molecule has 4 rings (SSSR count). The van der Waals surface area contributed by atoms with Crippen LogP contribution in [0.15, 0.2) is 18.2 Å². The summed E-state index contributed by atoms with van der Waals surface area (Å²) in [5, 5.41) is 21.2. The van der Waals surface area contributed by atoms with Crippen molar-refractivity contribution in [1.82, 2.24) is 0 Å². The van der Waals surface area contributed by atoms with Gasteiger partial charge in [0.2, 0.25) is 0 Å². The fourth-order valence-corrected chi connectivity index (χ4v) is 6.26. The molecule has 3 aliphatic rings. The topological polar surface area (TPSA) is 49.7 Å². The summed E-state index contributed by atoms with van der Waals surface area (Å²) >= 11 is 0. The van der Waals surface area contributed by atoms with Gasteiger partial charge in [0.15, 0.2) is 0 Å². The third-order valence-electron chi connectivity index (χ3n) is 7.45. The molecule has 3 unspecified atom stereocenters. The number of phenolic OH excluding ortho intramolecular Hbond substituents is 1. The quantitative estimate of drug-likeness (QED) is 0.768. The van der Waals surface area contributed by atoms with Crippen LogP contribution < -0.4 is 0 Å². The molecular weight excluding hydrogens is 312 g/mol. The Bertz CT molecular complexity index is 745. The van der Waals surface area contributed by atoms with Crippen molar-refractivity contribution in [2.24, 2.45) is 17.3 Å². The number of ether oxygens (including phenoxy) is 1. The van der Waals surface area contributed by atoms with Crippen molar-refractivity contribution >= 4 is 0 Å². The Morgan fingerprint density at radius 2 is 2.08 bits per heavy atom. The number of aliphatic hydroxyl groups is 1. The third-order valence-corrected chi connectivity index (χ3v) is 7.45. The summed E-state index contributed by atoms with van der Waals surface area (Å²) in [5.41, 5.74) is 1.48. The molecule has 3 aliphatic carbocycles. The highest BCUT2D eigenvalue weighted by Crippen LogP contribution is 2.64. The lowest BCUT2D eigenvalue weighted by atomic mass is 9.52. The lowest BCUT2D eigenvalue weighted by Crippen LogP contribution is -2.54. The Morgan fingerprint density at radius 3 is 2.80 bits per heavy atom. The second kappa shape index (κ2) is 5.76. The first-order valence-electron chi connectivity index (χ1n) is 9.44. The molecule has 0 bridgehead atoms. The van der Waals surface area contributed by atoms with E-state index < -0.39 is 5.60 Å². The Morgan fingerprint density at radius 1 is 1.28 bits per heavy atom. The molecule has 2 saturated carbocycles. The first kappa shape index (κ1) is 16.9. The van der Waals surface area contributed by atoms with Crippen LogP contribution in [0, 0.1) is 29.1 Å². The number of benzene rings is 1. The Balaban J connectivity index is 1.79. The summed E-state index contributed by atoms with van der Waals surface area (Å²) in [6, 6.07) is 5.80. The van der Waals surface area contributed by atoms with Crippen LogP contribution in [-0.4, -0.2) is 29.0 Å². The van der Waals surface area contributed by atoms with Crippen LogP contribution >= 0.6 is 0 Å². The molecule has 3 heteroatoms. The third kappa shape index (κ3) is 2.27. The van der Waals surface area contributed by atoms with Crippen molar-refractivity contribution in [3.63, 3.8) is 0 Å². The second-order valence-electron chi connectivity index (χ2n) is 8.39. The van der Waals surface area contributed by atoms with Gasteiger partial charge in [0.05, 0.1) is 6.10 Å². The van der Waals surface area contributed by atoms with Gasteiger partial charge in [-0.1, -0.05) is 18.9 Å². The minimum absolute atomic E-state index is 0.0816. The molecule has 0 aromatic heterocycles. The maximum Gasteiger partial charge on any atom is 0.131 e. The van der Waals surface area contributed by atoms with Crippen molar-refractivity contribution < 1.29 is 14.9 Å². The zero-order valence-corrected chi connectivity index (χ0v) is 15.4. The Kier molecular flexibility index (Phi) is 3.90. The highest BCUT2D eigenvalue weighted by atomic mass is 16.5. The fourth-order valence-electron chi connectivity index (χ4n) is 6.26. The molecule has 2 fully saturated rings. The number of aryl methyl sites for hydroxylation is 1. The van der Waals surface area contributed by atoms with Crippen LogP contribution in [0.1, 0.15) is 56.6 Å². The summed E-state index contributed by atoms with van der Waals surface area (Å²) < 4.78 is 5.97. The molecule has 0 amide bonds. The van der Waals surface area contributed by atoms with E-state index in [1.54, 1.807) is 13.2 Å². The monoisotopic (exact) mass is 340 g/mol. The van der Waals surface area contributed by atoms with E-state index in [9.17, 15) is 10.2 Å². The van der Waals surface area contributed by atoms with E-state index in [1.165, 1.54) is 11.1 Å². The maximum absolute atomic E-state index is 11.3. The summed E-state index contributed by atoms with van der Waals surface area (Å²) in [5.74, 6) is 7.79. The molecule has 1 aromatic rings. The largest absolute Gasteiger partial charge is 0.508 e. The molecule has 0 saturated heterocycles. The summed E-state index contributed by atoms with van der Waals surface area (Å²) in [7, 11) is 1.79. The van der Waals surface area contributed by atoms with E-state index in [0.29, 0.717) is 23.5 Å². The van der Waals surface area contributed by atoms with Gasteiger partial charge in [-0.2, -0.15) is 0 Å². The Labute approximate surface area is 150 Å². The zero-order valence-electron chi connectivity index (χ0n) is 15.4. The van der Waals surface area contributed by atoms with Crippen LogP contribution in [0.2, 0.25) is 0 Å². The second-order valence-corrected chi connectivity index (χ2v) is 8.39. The van der Waals surface area contributed by atoms with Gasteiger partial charge >= 0.3 is 0 Å². The molecule has 1 aromatic carbocycles. The summed E-state index contributed by atoms with van der Waals surface area (Å²) in [4.78, 5) is 0. The van der Waals surface area contributed by atoms with Crippen LogP contribution in [0.3, 0.4) is 0 Å². The SMILES string of the molecule is CC#C[C@]1(O)CCC2C3CCc4cc(O)ccc4C3[C@@H](OC)C[C@@]21C. The van der Waals surface area contributed by atoms with E-state index in [1.807, 2.05) is 13.0 Å². The molecule has 0 aliphatic heterocycles. The Hall–Kier alpha value is -1.50. The van der Waals surface area contributed by atoms with Gasteiger partial charge in [0.1, 0.15) is 11.4 Å². The van der Waals surface area contributed by atoms with E-state index in [0.717, 1.165) is 32.1 Å². The van der Waals surface area contributed by atoms with Gasteiger partial charge in [0.25, 0.3) is 0 Å². The zero-order chi connectivity index (χ0) is 17.8. The minimum atomic E-state index is -0.899. The van der Waals surface area contributed by atoms with Crippen molar-refractivity contribution in [2.75, 3.05) is 7.11 Å². The van der Waals surface area contributed by atoms with E-state index >= 15 is 0 Å². The van der Waals surface area contributed by atoms with Crippen LogP contribution in [-0.2, 0) is 11.2 Å². The average molecular weight is 340 g/mol. The van der Waals surface area contributed by atoms with Gasteiger partial charge < -0.3 is 14.9 Å². The molecule has 2 N–H and O–H groups in total. The van der Waals surface area contributed by atoms with Crippen molar-refractivity contribution in [3.05, 3.63) is 29.3 Å². The van der Waals surface area contributed by atoms with Crippen molar-refractivity contribution in [2.45, 2.75) is 63.6 Å². The lowest BCUT2D eigenvalue weighted by Gasteiger charge is -2.54. The number of phenols is 1. The van der Waals surface area contributed by atoms with E-state index in [-0.39, 0.29) is 11.5 Å². The standard InChI is InChI=1S/C22H28O3/c1-4-10-22(24)11-9-18-17-7-5-14-12-15(23)6-8-16(14)20(17)19(25-3)13-21(18,22)2/h6,8,12,17-20,23-24H,5,7,9,11,13H2,1-3H3/t17?,18?,19-,20?,21-,22-/m0/s1. The molecule has 0 spiro atoms. The maximum atomic E-state index is 11.3. The number of fused-ring (bicyclic) bond motifs is 5. The van der Waals surface area contributed by atoms with Crippen LogP contribution in [0.5, 0.6) is 5.75 Å². The van der Waals surface area contributed by atoms with Gasteiger partial charge in [-0.3, -0.25) is 0 Å². The molecule has 134 valence electrons. The molecule has 3 nitrogen and oxygen atoms in total. The smallest absolute Gasteiger partial charge is 0.131 e. The van der Waals surface area contributed by atoms with Crippen LogP contribution in [0.25, 0.3) is 0 Å². The van der Waals surface area contributed by atoms with Gasteiger partial charge in [-0.25, -0.2) is 0 Å². The summed E-state index contributed by atoms with van der Waals surface area (Å²) in [6.45, 7) is 4.04. The molecular formula is C22H28O3. The van der Waals surface area contributed by atoms with E-state index in [4.69, 9.17) is 4.74 Å². The number of methoxy groups -OCH3 is 1. The van der Waals surface area contributed by atoms with Gasteiger partial charge in [-0.15, -0.1) is 5.92 Å². The van der Waals surface area contributed by atoms with Crippen LogP contribution in [0.4, 0.5) is 0 Å². The summed E-state index contributed by atoms with van der Waals surface area (Å²) in [6.07, 6.45) is 4.80. The number of hydrogen-bond donors (Lipinski definition) is 2. The lowest BCUT2D eigenvalue weighted by molar-refractivity contribution is -0.117. The predicted molar refractivity (Wildman–Crippen MR) is 97.3 cm³/mol. The van der Waals surface area contributed by atoms with Crippen molar-refractivity contribution in [1.29, 1.82) is 0 Å². The fraction of sp³-hybridized carbons (Fsp3) is 0.636. The molecule has 25 heavy (non-hydrogen) atoms. The highest BCUT2D eigenvalue weighted by molar-refractivity contribution is 5.41. The van der Waals surface area contributed by atoms with Gasteiger partial charge in [0, 0.05) is 18.4 Å². The van der Waals surface area contributed by atoms with Crippen molar-refractivity contribution in [3.8, 4) is 17.6 Å². The first-order chi connectivity index (χ1) is 11.9. The van der Waals surface area contributed by atoms with Gasteiger partial charge in [-0.05, 0) is 74.1 Å². The molecule has 0 radical (unpaired) electrons. The molecule has 6 atom stereocenters. The normalized spacial score (nSPS) is 41.9. The predicted octanol–water partition coefficient (Wildman–Crippen LogP) is 3.63. The van der Waals surface area contributed by atoms with E-state index in [2.05, 4.69) is 24.8 Å². The highest BCUT2D eigenvalue weighted by Gasteiger charge is 2.63.